The van der Waals surface area contributed by atoms with Crippen LogP contribution >= 0.6 is 0 Å². The van der Waals surface area contributed by atoms with Gasteiger partial charge in [-0.15, -0.1) is 0 Å². The molecule has 1 N–H and O–H groups in total. The van der Waals surface area contributed by atoms with Gasteiger partial charge >= 0.3 is 6.09 Å². The van der Waals surface area contributed by atoms with E-state index >= 15 is 0 Å². The Morgan fingerprint density at radius 2 is 2.00 bits per heavy atom. The first-order valence-corrected chi connectivity index (χ1v) is 6.61. The lowest BCUT2D eigenvalue weighted by Gasteiger charge is -2.18. The molecule has 0 aliphatic rings. The molecule has 0 fully saturated rings. The van der Waals surface area contributed by atoms with Gasteiger partial charge in [0.1, 0.15) is 11.3 Å². The molecule has 0 aliphatic heterocycles. The summed E-state index contributed by atoms with van der Waals surface area (Å²) in [5.41, 5.74) is 1.68. The van der Waals surface area contributed by atoms with Crippen LogP contribution in [0.5, 0.6) is 0 Å². The third-order valence-electron chi connectivity index (χ3n) is 2.39. The molecule has 0 unspecified atom stereocenters. The van der Waals surface area contributed by atoms with Gasteiger partial charge in [-0.3, -0.25) is 4.98 Å². The zero-order chi connectivity index (χ0) is 15.3. The van der Waals surface area contributed by atoms with E-state index in [0.717, 1.165) is 11.0 Å². The average molecular weight is 283 g/mol. The van der Waals surface area contributed by atoms with Crippen LogP contribution in [0.4, 0.5) is 4.79 Å². The number of nitrogens with zero attached hydrogens (tertiary/aromatic N) is 2. The van der Waals surface area contributed by atoms with Crippen LogP contribution in [0, 0.1) is 11.8 Å². The number of para-hydroxylation sites is 2. The number of hydrogen-bond donors (Lipinski definition) is 1. The van der Waals surface area contributed by atoms with Crippen molar-refractivity contribution in [2.45, 2.75) is 26.4 Å². The lowest BCUT2D eigenvalue weighted by Crippen LogP contribution is -2.32. The van der Waals surface area contributed by atoms with Gasteiger partial charge in [0.2, 0.25) is 0 Å². The highest BCUT2D eigenvalue weighted by Crippen LogP contribution is 2.07. The molecule has 108 valence electrons. The number of aromatic nitrogens is 2. The molecule has 0 saturated heterocycles. The minimum Gasteiger partial charge on any atom is -0.444 e. The Kier molecular flexibility index (Phi) is 4.39. The Labute approximate surface area is 123 Å². The highest BCUT2D eigenvalue weighted by atomic mass is 16.6. The van der Waals surface area contributed by atoms with Crippen molar-refractivity contribution in [2.75, 3.05) is 6.54 Å². The number of alkyl carbamates (subject to hydrolysis) is 1. The monoisotopic (exact) mass is 283 g/mol. The van der Waals surface area contributed by atoms with E-state index in [-0.39, 0.29) is 6.54 Å². The summed E-state index contributed by atoms with van der Waals surface area (Å²) in [4.78, 5) is 20.1. The summed E-state index contributed by atoms with van der Waals surface area (Å²) in [5, 5.41) is 2.56. The van der Waals surface area contributed by atoms with Crippen molar-refractivity contribution in [2.24, 2.45) is 0 Å². The Bertz CT molecular complexity index is 709. The van der Waals surface area contributed by atoms with Crippen molar-refractivity contribution in [3.8, 4) is 11.8 Å². The normalized spacial score (nSPS) is 10.6. The van der Waals surface area contributed by atoms with Crippen LogP contribution < -0.4 is 5.32 Å². The fourth-order valence-corrected chi connectivity index (χ4v) is 1.58. The lowest BCUT2D eigenvalue weighted by molar-refractivity contribution is 0.0535. The van der Waals surface area contributed by atoms with Gasteiger partial charge in [-0.25, -0.2) is 9.78 Å². The Balaban J connectivity index is 1.94. The molecule has 1 aromatic heterocycles. The summed E-state index contributed by atoms with van der Waals surface area (Å²) in [6.45, 7) is 5.62. The molecule has 0 atom stereocenters. The highest BCUT2D eigenvalue weighted by molar-refractivity contribution is 5.74. The number of nitrogens with one attached hydrogen (secondary N) is 1. The van der Waals surface area contributed by atoms with E-state index in [1.807, 2.05) is 45.0 Å². The molecule has 0 saturated carbocycles. The summed E-state index contributed by atoms with van der Waals surface area (Å²) in [6.07, 6.45) is 1.13. The number of carbonyl (C=O) groups is 1. The molecule has 21 heavy (non-hydrogen) atoms. The molecule has 5 heteroatoms. The third-order valence-corrected chi connectivity index (χ3v) is 2.39. The van der Waals surface area contributed by atoms with Crippen molar-refractivity contribution in [3.63, 3.8) is 0 Å². The minimum absolute atomic E-state index is 0.198. The maximum atomic E-state index is 11.4. The summed E-state index contributed by atoms with van der Waals surface area (Å²) < 4.78 is 5.10. The van der Waals surface area contributed by atoms with E-state index in [2.05, 4.69) is 27.1 Å². The van der Waals surface area contributed by atoms with Gasteiger partial charge < -0.3 is 10.1 Å². The minimum atomic E-state index is -0.513. The largest absolute Gasteiger partial charge is 0.444 e. The van der Waals surface area contributed by atoms with Gasteiger partial charge in [0.15, 0.2) is 0 Å². The summed E-state index contributed by atoms with van der Waals surface area (Å²) in [5.74, 6) is 5.68. The van der Waals surface area contributed by atoms with Gasteiger partial charge in [-0.05, 0) is 38.8 Å². The zero-order valence-corrected chi connectivity index (χ0v) is 12.3. The molecular formula is C16H17N3O2. The molecule has 1 amide bonds. The topological polar surface area (TPSA) is 64.1 Å². The van der Waals surface area contributed by atoms with Crippen LogP contribution in [0.2, 0.25) is 0 Å². The second-order valence-corrected chi connectivity index (χ2v) is 5.40. The highest BCUT2D eigenvalue weighted by Gasteiger charge is 2.14. The van der Waals surface area contributed by atoms with Gasteiger partial charge in [0, 0.05) is 0 Å². The zero-order valence-electron chi connectivity index (χ0n) is 12.3. The maximum Gasteiger partial charge on any atom is 0.408 e. The second-order valence-electron chi connectivity index (χ2n) is 5.40. The Morgan fingerprint density at radius 1 is 1.29 bits per heavy atom. The summed E-state index contributed by atoms with van der Waals surface area (Å²) >= 11 is 0. The molecular weight excluding hydrogens is 266 g/mol. The van der Waals surface area contributed by atoms with Gasteiger partial charge in [-0.2, -0.15) is 0 Å². The van der Waals surface area contributed by atoms with Gasteiger partial charge in [0.25, 0.3) is 0 Å². The van der Waals surface area contributed by atoms with Crippen molar-refractivity contribution in [1.82, 2.24) is 15.3 Å². The molecule has 1 aromatic carbocycles. The first-order valence-electron chi connectivity index (χ1n) is 6.61. The number of fused-ring (bicyclic) bond motifs is 1. The Hall–Kier alpha value is -2.61. The summed E-state index contributed by atoms with van der Waals surface area (Å²) in [6, 6.07) is 7.58. The SMILES string of the molecule is CC(C)(C)OC(=O)NCC#Cc1cnc2ccccc2n1. The van der Waals surface area contributed by atoms with E-state index < -0.39 is 11.7 Å². The maximum absolute atomic E-state index is 11.4. The van der Waals surface area contributed by atoms with E-state index in [1.54, 1.807) is 6.20 Å². The first-order chi connectivity index (χ1) is 9.94. The molecule has 0 bridgehead atoms. The van der Waals surface area contributed by atoms with E-state index in [0.29, 0.717) is 5.69 Å². The molecule has 0 aliphatic carbocycles. The molecule has 5 nitrogen and oxygen atoms in total. The quantitative estimate of drug-likeness (QED) is 0.817. The molecule has 2 aromatic rings. The first kappa shape index (κ1) is 14.8. The van der Waals surface area contributed by atoms with E-state index in [1.165, 1.54) is 0 Å². The number of hydrogen-bond acceptors (Lipinski definition) is 4. The molecule has 2 rings (SSSR count). The number of amides is 1. The van der Waals surface area contributed by atoms with Crippen molar-refractivity contribution in [1.29, 1.82) is 0 Å². The van der Waals surface area contributed by atoms with Gasteiger partial charge in [-0.1, -0.05) is 18.1 Å². The number of benzene rings is 1. The van der Waals surface area contributed by atoms with Crippen LogP contribution in [0.15, 0.2) is 30.5 Å². The fourth-order valence-electron chi connectivity index (χ4n) is 1.58. The third kappa shape index (κ3) is 4.77. The summed E-state index contributed by atoms with van der Waals surface area (Å²) in [7, 11) is 0. The molecule has 1 heterocycles. The number of rotatable bonds is 1. The predicted molar refractivity (Wildman–Crippen MR) is 80.7 cm³/mol. The van der Waals surface area contributed by atoms with Crippen LogP contribution in [-0.4, -0.2) is 28.2 Å². The van der Waals surface area contributed by atoms with Crippen LogP contribution in [0.3, 0.4) is 0 Å². The van der Waals surface area contributed by atoms with Crippen LogP contribution in [0.1, 0.15) is 26.5 Å². The fraction of sp³-hybridized carbons (Fsp3) is 0.312. The average Bonchev–Trinajstić information content (AvgIpc) is 2.41. The van der Waals surface area contributed by atoms with Gasteiger partial charge in [0.05, 0.1) is 23.8 Å². The molecule has 0 spiro atoms. The number of ether oxygens (including phenoxy) is 1. The Morgan fingerprint density at radius 3 is 2.71 bits per heavy atom. The smallest absolute Gasteiger partial charge is 0.408 e. The lowest BCUT2D eigenvalue weighted by atomic mass is 10.2. The van der Waals surface area contributed by atoms with Crippen LogP contribution in [0.25, 0.3) is 11.0 Å². The van der Waals surface area contributed by atoms with E-state index in [4.69, 9.17) is 4.74 Å². The predicted octanol–water partition coefficient (Wildman–Crippen LogP) is 2.51. The second kappa shape index (κ2) is 6.23. The van der Waals surface area contributed by atoms with Crippen molar-refractivity contribution >= 4 is 17.1 Å². The van der Waals surface area contributed by atoms with Crippen LogP contribution in [-0.2, 0) is 4.74 Å². The van der Waals surface area contributed by atoms with Crippen molar-refractivity contribution in [3.05, 3.63) is 36.2 Å². The number of carbonyl (C=O) groups excluding carboxylic acids is 1. The standard InChI is InChI=1S/C16H17N3O2/c1-16(2,3)21-15(20)17-10-6-7-12-11-18-13-8-4-5-9-14(13)19-12/h4-5,8-9,11H,10H2,1-3H3,(H,17,20). The molecule has 0 radical (unpaired) electrons. The van der Waals surface area contributed by atoms with E-state index in [9.17, 15) is 4.79 Å². The van der Waals surface area contributed by atoms with Crippen molar-refractivity contribution < 1.29 is 9.53 Å².